The highest BCUT2D eigenvalue weighted by Crippen LogP contribution is 2.25. The number of hydrogen-bond donors (Lipinski definition) is 1. The van der Waals surface area contributed by atoms with Gasteiger partial charge in [-0.15, -0.1) is 0 Å². The van der Waals surface area contributed by atoms with E-state index < -0.39 is 0 Å². The van der Waals surface area contributed by atoms with Gasteiger partial charge in [0.25, 0.3) is 0 Å². The monoisotopic (exact) mass is 254 g/mol. The fourth-order valence-electron chi connectivity index (χ4n) is 2.27. The number of nitrogens with two attached hydrogens (primary N) is 1. The van der Waals surface area contributed by atoms with Crippen molar-refractivity contribution in [3.63, 3.8) is 0 Å². The van der Waals surface area contributed by atoms with E-state index in [4.69, 9.17) is 5.73 Å². The Labute approximate surface area is 115 Å². The van der Waals surface area contributed by atoms with Gasteiger partial charge in [-0.2, -0.15) is 0 Å². The maximum absolute atomic E-state index is 6.04. The lowest BCUT2D eigenvalue weighted by Gasteiger charge is -2.24. The van der Waals surface area contributed by atoms with Crippen LogP contribution >= 0.6 is 0 Å². The van der Waals surface area contributed by atoms with Crippen LogP contribution in [0.5, 0.6) is 0 Å². The van der Waals surface area contributed by atoms with E-state index in [0.717, 1.165) is 6.54 Å². The van der Waals surface area contributed by atoms with Gasteiger partial charge in [0.1, 0.15) is 0 Å². The van der Waals surface area contributed by atoms with Crippen LogP contribution in [0.25, 0.3) is 0 Å². The molecule has 0 heterocycles. The zero-order valence-corrected chi connectivity index (χ0v) is 11.9. The fraction of sp³-hybridized carbons (Fsp3) is 0.294. The molecule has 0 bridgehead atoms. The van der Waals surface area contributed by atoms with Crippen LogP contribution in [0.15, 0.2) is 48.5 Å². The van der Waals surface area contributed by atoms with Crippen molar-refractivity contribution < 1.29 is 0 Å². The number of hydrogen-bond acceptors (Lipinski definition) is 2. The molecule has 100 valence electrons. The van der Waals surface area contributed by atoms with Crippen LogP contribution in [0.1, 0.15) is 29.7 Å². The highest BCUT2D eigenvalue weighted by Gasteiger charge is 2.10. The molecule has 0 fully saturated rings. The molecule has 0 saturated carbocycles. The molecule has 2 rings (SSSR count). The first kappa shape index (κ1) is 13.6. The lowest BCUT2D eigenvalue weighted by Crippen LogP contribution is -2.20. The Kier molecular flexibility index (Phi) is 4.23. The number of benzene rings is 2. The van der Waals surface area contributed by atoms with Gasteiger partial charge in [-0.05, 0) is 31.0 Å². The Morgan fingerprint density at radius 1 is 1.05 bits per heavy atom. The van der Waals surface area contributed by atoms with Gasteiger partial charge in [-0.3, -0.25) is 0 Å². The highest BCUT2D eigenvalue weighted by atomic mass is 15.1. The third kappa shape index (κ3) is 3.36. The summed E-state index contributed by atoms with van der Waals surface area (Å²) in [6.45, 7) is 5.03. The molecule has 0 saturated heterocycles. The minimum atomic E-state index is 0.0525. The molecule has 0 spiro atoms. The first-order valence-electron chi connectivity index (χ1n) is 6.69. The van der Waals surface area contributed by atoms with E-state index in [9.17, 15) is 0 Å². The number of aryl methyl sites for hydroxylation is 1. The molecule has 2 heteroatoms. The molecule has 0 aliphatic carbocycles. The molecule has 0 aliphatic rings. The zero-order valence-electron chi connectivity index (χ0n) is 11.9. The molecule has 0 aromatic heterocycles. The van der Waals surface area contributed by atoms with Gasteiger partial charge in [0.15, 0.2) is 0 Å². The van der Waals surface area contributed by atoms with E-state index in [1.807, 2.05) is 13.0 Å². The second kappa shape index (κ2) is 5.89. The highest BCUT2D eigenvalue weighted by molar-refractivity contribution is 5.54. The van der Waals surface area contributed by atoms with Crippen LogP contribution in [0.3, 0.4) is 0 Å². The molecule has 2 N–H and O–H groups in total. The molecule has 2 aromatic carbocycles. The molecule has 2 aromatic rings. The zero-order chi connectivity index (χ0) is 13.8. The molecule has 0 radical (unpaired) electrons. The van der Waals surface area contributed by atoms with Crippen molar-refractivity contribution in [2.45, 2.75) is 26.4 Å². The molecule has 0 unspecified atom stereocenters. The van der Waals surface area contributed by atoms with Crippen LogP contribution in [-0.2, 0) is 6.54 Å². The first-order chi connectivity index (χ1) is 9.08. The quantitative estimate of drug-likeness (QED) is 0.902. The minimum absolute atomic E-state index is 0.0525. The van der Waals surface area contributed by atoms with E-state index in [1.54, 1.807) is 0 Å². The van der Waals surface area contributed by atoms with Crippen LogP contribution in [-0.4, -0.2) is 7.05 Å². The van der Waals surface area contributed by atoms with Crippen molar-refractivity contribution in [3.05, 3.63) is 65.2 Å². The van der Waals surface area contributed by atoms with Crippen molar-refractivity contribution in [1.29, 1.82) is 0 Å². The van der Waals surface area contributed by atoms with E-state index in [-0.39, 0.29) is 6.04 Å². The predicted molar refractivity (Wildman–Crippen MR) is 82.3 cm³/mol. The van der Waals surface area contributed by atoms with E-state index >= 15 is 0 Å². The Bertz CT molecular complexity index is 529. The van der Waals surface area contributed by atoms with Crippen LogP contribution in [0.2, 0.25) is 0 Å². The van der Waals surface area contributed by atoms with Gasteiger partial charge in [-0.1, -0.05) is 48.0 Å². The third-order valence-corrected chi connectivity index (χ3v) is 3.38. The van der Waals surface area contributed by atoms with E-state index in [0.29, 0.717) is 0 Å². The summed E-state index contributed by atoms with van der Waals surface area (Å²) in [5.41, 5.74) is 11.0. The number of rotatable bonds is 4. The molecular formula is C17H22N2. The Balaban J connectivity index is 2.20. The van der Waals surface area contributed by atoms with Gasteiger partial charge in [0.05, 0.1) is 0 Å². The predicted octanol–water partition coefficient (Wildman–Crippen LogP) is 3.65. The third-order valence-electron chi connectivity index (χ3n) is 3.38. The van der Waals surface area contributed by atoms with Crippen molar-refractivity contribution >= 4 is 5.69 Å². The number of nitrogens with zero attached hydrogens (tertiary/aromatic N) is 1. The Hall–Kier alpha value is -1.80. The maximum atomic E-state index is 6.04. The maximum Gasteiger partial charge on any atom is 0.0426 e. The molecule has 1 atom stereocenters. The van der Waals surface area contributed by atoms with Gasteiger partial charge < -0.3 is 10.6 Å². The van der Waals surface area contributed by atoms with Crippen molar-refractivity contribution in [2.75, 3.05) is 11.9 Å². The molecule has 0 aliphatic heterocycles. The van der Waals surface area contributed by atoms with Gasteiger partial charge in [-0.25, -0.2) is 0 Å². The summed E-state index contributed by atoms with van der Waals surface area (Å²) in [5, 5.41) is 0. The largest absolute Gasteiger partial charge is 0.370 e. The molecular weight excluding hydrogens is 232 g/mol. The second-order valence-electron chi connectivity index (χ2n) is 5.19. The fourth-order valence-corrected chi connectivity index (χ4v) is 2.27. The normalized spacial score (nSPS) is 12.2. The van der Waals surface area contributed by atoms with Gasteiger partial charge in [0, 0.05) is 25.3 Å². The summed E-state index contributed by atoms with van der Waals surface area (Å²) in [6, 6.07) is 17.1. The average molecular weight is 254 g/mol. The van der Waals surface area contributed by atoms with Crippen molar-refractivity contribution in [3.8, 4) is 0 Å². The topological polar surface area (TPSA) is 29.3 Å². The lowest BCUT2D eigenvalue weighted by molar-refractivity contribution is 0.801. The van der Waals surface area contributed by atoms with Crippen molar-refractivity contribution in [1.82, 2.24) is 0 Å². The summed E-state index contributed by atoms with van der Waals surface area (Å²) in [4.78, 5) is 2.25. The second-order valence-corrected chi connectivity index (χ2v) is 5.19. The van der Waals surface area contributed by atoms with Crippen LogP contribution in [0, 0.1) is 6.92 Å². The summed E-state index contributed by atoms with van der Waals surface area (Å²) in [7, 11) is 2.11. The lowest BCUT2D eigenvalue weighted by atomic mass is 10.1. The van der Waals surface area contributed by atoms with Gasteiger partial charge >= 0.3 is 0 Å². The summed E-state index contributed by atoms with van der Waals surface area (Å²) >= 11 is 0. The summed E-state index contributed by atoms with van der Waals surface area (Å²) in [6.07, 6.45) is 0. The summed E-state index contributed by atoms with van der Waals surface area (Å²) < 4.78 is 0. The number of para-hydroxylation sites is 1. The molecule has 2 nitrogen and oxygen atoms in total. The van der Waals surface area contributed by atoms with E-state index in [1.165, 1.54) is 22.4 Å². The standard InChI is InChI=1S/C17H22N2/c1-13-8-10-15(11-9-13)12-19(3)17-7-5-4-6-16(17)14(2)18/h4-11,14H,12,18H2,1-3H3/t14-/m1/s1. The van der Waals surface area contributed by atoms with Crippen molar-refractivity contribution in [2.24, 2.45) is 5.73 Å². The summed E-state index contributed by atoms with van der Waals surface area (Å²) in [5.74, 6) is 0. The molecule has 0 amide bonds. The van der Waals surface area contributed by atoms with E-state index in [2.05, 4.69) is 61.3 Å². The number of anilines is 1. The average Bonchev–Trinajstić information content (AvgIpc) is 2.41. The first-order valence-corrected chi connectivity index (χ1v) is 6.69. The Morgan fingerprint density at radius 2 is 1.68 bits per heavy atom. The minimum Gasteiger partial charge on any atom is -0.370 e. The van der Waals surface area contributed by atoms with Gasteiger partial charge in [0.2, 0.25) is 0 Å². The Morgan fingerprint density at radius 3 is 2.32 bits per heavy atom. The van der Waals surface area contributed by atoms with Crippen LogP contribution < -0.4 is 10.6 Å². The van der Waals surface area contributed by atoms with Crippen LogP contribution in [0.4, 0.5) is 5.69 Å². The SMILES string of the molecule is Cc1ccc(CN(C)c2ccccc2[C@@H](C)N)cc1. The smallest absolute Gasteiger partial charge is 0.0426 e. The molecule has 19 heavy (non-hydrogen) atoms.